The lowest BCUT2D eigenvalue weighted by atomic mass is 9.99. The first-order chi connectivity index (χ1) is 9.60. The van der Waals surface area contributed by atoms with Crippen LogP contribution in [0.3, 0.4) is 0 Å². The molecule has 20 heavy (non-hydrogen) atoms. The minimum Gasteiger partial charge on any atom is -0.381 e. The summed E-state index contributed by atoms with van der Waals surface area (Å²) in [6.45, 7) is 3.07. The van der Waals surface area contributed by atoms with Gasteiger partial charge in [0.25, 0.3) is 0 Å². The molecule has 0 bridgehead atoms. The molecule has 0 amide bonds. The van der Waals surface area contributed by atoms with Crippen LogP contribution in [0.5, 0.6) is 0 Å². The quantitative estimate of drug-likeness (QED) is 0.860. The summed E-state index contributed by atoms with van der Waals surface area (Å²) in [7, 11) is 3.97. The monoisotopic (exact) mass is 267 g/mol. The average Bonchev–Trinajstić information content (AvgIpc) is 2.88. The second-order valence-corrected chi connectivity index (χ2v) is 5.27. The summed E-state index contributed by atoms with van der Waals surface area (Å²) in [5.41, 5.74) is 4.73. The Balaban J connectivity index is 2.18. The fraction of sp³-hybridized carbons (Fsp3) is 0.333. The molecule has 1 unspecified atom stereocenters. The molecule has 0 saturated heterocycles. The Morgan fingerprint density at radius 1 is 1.40 bits per heavy atom. The van der Waals surface area contributed by atoms with Crippen LogP contribution >= 0.6 is 0 Å². The van der Waals surface area contributed by atoms with Gasteiger partial charge in [0.1, 0.15) is 0 Å². The first kappa shape index (κ1) is 12.5. The Morgan fingerprint density at radius 2 is 2.20 bits per heavy atom. The van der Waals surface area contributed by atoms with Crippen molar-refractivity contribution in [2.45, 2.75) is 13.0 Å². The SMILES string of the molecule is CC1CNc2cc(C#N)c(-c3cnn(C)c3)cc2N1C. The molecule has 5 heteroatoms. The minimum atomic E-state index is 0.428. The molecule has 0 saturated carbocycles. The van der Waals surface area contributed by atoms with Gasteiger partial charge in [0, 0.05) is 44.0 Å². The highest BCUT2D eigenvalue weighted by atomic mass is 15.2. The van der Waals surface area contributed by atoms with E-state index in [1.54, 1.807) is 10.9 Å². The third-order valence-corrected chi connectivity index (χ3v) is 3.90. The lowest BCUT2D eigenvalue weighted by Crippen LogP contribution is -2.39. The predicted octanol–water partition coefficient (Wildman–Crippen LogP) is 2.21. The van der Waals surface area contributed by atoms with Gasteiger partial charge in [-0.25, -0.2) is 0 Å². The van der Waals surface area contributed by atoms with Crippen molar-refractivity contribution in [2.75, 3.05) is 23.8 Å². The summed E-state index contributed by atoms with van der Waals surface area (Å²) in [6, 6.07) is 6.72. The van der Waals surface area contributed by atoms with E-state index in [1.807, 2.05) is 19.3 Å². The summed E-state index contributed by atoms with van der Waals surface area (Å²) < 4.78 is 1.75. The maximum atomic E-state index is 9.39. The topological polar surface area (TPSA) is 56.9 Å². The van der Waals surface area contributed by atoms with E-state index in [1.165, 1.54) is 0 Å². The van der Waals surface area contributed by atoms with Gasteiger partial charge in [0.05, 0.1) is 29.2 Å². The smallest absolute Gasteiger partial charge is 0.0999 e. The lowest BCUT2D eigenvalue weighted by Gasteiger charge is -2.35. The van der Waals surface area contributed by atoms with Crippen LogP contribution in [-0.2, 0) is 7.05 Å². The molecule has 0 aliphatic carbocycles. The molecule has 3 rings (SSSR count). The van der Waals surface area contributed by atoms with Gasteiger partial charge in [-0.05, 0) is 19.1 Å². The Hall–Kier alpha value is -2.48. The van der Waals surface area contributed by atoms with Gasteiger partial charge < -0.3 is 10.2 Å². The first-order valence-electron chi connectivity index (χ1n) is 6.64. The molecule has 2 aromatic rings. The number of nitrogens with zero attached hydrogens (tertiary/aromatic N) is 4. The molecule has 0 radical (unpaired) electrons. The van der Waals surface area contributed by atoms with E-state index < -0.39 is 0 Å². The van der Waals surface area contributed by atoms with E-state index in [2.05, 4.69) is 41.4 Å². The van der Waals surface area contributed by atoms with Crippen LogP contribution in [0, 0.1) is 11.3 Å². The van der Waals surface area contributed by atoms with Crippen molar-refractivity contribution in [3.8, 4) is 17.2 Å². The number of aryl methyl sites for hydroxylation is 1. The zero-order chi connectivity index (χ0) is 14.3. The number of hydrogen-bond acceptors (Lipinski definition) is 4. The fourth-order valence-corrected chi connectivity index (χ4v) is 2.55. The maximum Gasteiger partial charge on any atom is 0.0999 e. The van der Waals surface area contributed by atoms with Crippen molar-refractivity contribution in [1.82, 2.24) is 9.78 Å². The van der Waals surface area contributed by atoms with Crippen LogP contribution < -0.4 is 10.2 Å². The lowest BCUT2D eigenvalue weighted by molar-refractivity contribution is 0.699. The normalized spacial score (nSPS) is 17.3. The number of nitriles is 1. The third kappa shape index (κ3) is 1.90. The molecule has 1 aromatic carbocycles. The molecule has 1 aliphatic rings. The molecule has 102 valence electrons. The molecular formula is C15H17N5. The molecule has 1 aliphatic heterocycles. The minimum absolute atomic E-state index is 0.428. The number of nitrogens with one attached hydrogen (secondary N) is 1. The van der Waals surface area contributed by atoms with Crippen LogP contribution in [0.15, 0.2) is 24.5 Å². The number of hydrogen-bond donors (Lipinski definition) is 1. The summed E-state index contributed by atoms with van der Waals surface area (Å²) >= 11 is 0. The van der Waals surface area contributed by atoms with E-state index in [9.17, 15) is 5.26 Å². The van der Waals surface area contributed by atoms with Gasteiger partial charge in [-0.15, -0.1) is 0 Å². The van der Waals surface area contributed by atoms with E-state index >= 15 is 0 Å². The van der Waals surface area contributed by atoms with E-state index in [0.717, 1.165) is 29.0 Å². The maximum absolute atomic E-state index is 9.39. The van der Waals surface area contributed by atoms with Gasteiger partial charge in [-0.3, -0.25) is 4.68 Å². The Bertz CT molecular complexity index is 695. The zero-order valence-electron chi connectivity index (χ0n) is 11.9. The largest absolute Gasteiger partial charge is 0.381 e. The molecular weight excluding hydrogens is 250 g/mol. The zero-order valence-corrected chi connectivity index (χ0v) is 11.9. The Labute approximate surface area is 118 Å². The second kappa shape index (κ2) is 4.57. The van der Waals surface area contributed by atoms with Crippen molar-refractivity contribution in [3.63, 3.8) is 0 Å². The molecule has 1 aromatic heterocycles. The number of aromatic nitrogens is 2. The van der Waals surface area contributed by atoms with Crippen molar-refractivity contribution in [3.05, 3.63) is 30.1 Å². The van der Waals surface area contributed by atoms with Crippen molar-refractivity contribution < 1.29 is 0 Å². The molecule has 1 N–H and O–H groups in total. The van der Waals surface area contributed by atoms with Gasteiger partial charge in [-0.2, -0.15) is 10.4 Å². The van der Waals surface area contributed by atoms with Gasteiger partial charge in [0.15, 0.2) is 0 Å². The van der Waals surface area contributed by atoms with Crippen LogP contribution in [0.2, 0.25) is 0 Å². The van der Waals surface area contributed by atoms with Gasteiger partial charge in [-0.1, -0.05) is 0 Å². The molecule has 1 atom stereocenters. The van der Waals surface area contributed by atoms with Crippen LogP contribution in [0.25, 0.3) is 11.1 Å². The highest BCUT2D eigenvalue weighted by molar-refractivity contribution is 5.83. The average molecular weight is 267 g/mol. The van der Waals surface area contributed by atoms with Crippen molar-refractivity contribution in [2.24, 2.45) is 7.05 Å². The Morgan fingerprint density at radius 3 is 2.85 bits per heavy atom. The number of likely N-dealkylation sites (N-methyl/N-ethyl adjacent to an activating group) is 1. The summed E-state index contributed by atoms with van der Waals surface area (Å²) in [5.74, 6) is 0. The summed E-state index contributed by atoms with van der Waals surface area (Å²) in [4.78, 5) is 2.24. The fourth-order valence-electron chi connectivity index (χ4n) is 2.55. The predicted molar refractivity (Wildman–Crippen MR) is 79.7 cm³/mol. The van der Waals surface area contributed by atoms with Crippen molar-refractivity contribution >= 4 is 11.4 Å². The van der Waals surface area contributed by atoms with E-state index in [4.69, 9.17) is 0 Å². The molecule has 0 fully saturated rings. The third-order valence-electron chi connectivity index (χ3n) is 3.90. The number of benzene rings is 1. The number of rotatable bonds is 1. The van der Waals surface area contributed by atoms with Crippen LogP contribution in [0.4, 0.5) is 11.4 Å². The summed E-state index contributed by atoms with van der Waals surface area (Å²) in [5, 5.41) is 17.0. The van der Waals surface area contributed by atoms with Gasteiger partial charge in [0.2, 0.25) is 0 Å². The highest BCUT2D eigenvalue weighted by Crippen LogP contribution is 2.36. The van der Waals surface area contributed by atoms with Crippen LogP contribution in [0.1, 0.15) is 12.5 Å². The first-order valence-corrected chi connectivity index (χ1v) is 6.64. The molecule has 5 nitrogen and oxygen atoms in total. The van der Waals surface area contributed by atoms with Crippen molar-refractivity contribution in [1.29, 1.82) is 5.26 Å². The number of fused-ring (bicyclic) bond motifs is 1. The van der Waals surface area contributed by atoms with E-state index in [-0.39, 0.29) is 0 Å². The van der Waals surface area contributed by atoms with Gasteiger partial charge >= 0.3 is 0 Å². The molecule has 2 heterocycles. The number of anilines is 2. The van der Waals surface area contributed by atoms with Crippen LogP contribution in [-0.4, -0.2) is 29.4 Å². The highest BCUT2D eigenvalue weighted by Gasteiger charge is 2.22. The summed E-state index contributed by atoms with van der Waals surface area (Å²) in [6.07, 6.45) is 3.73. The standard InChI is InChI=1S/C15H17N5/c1-10-7-17-14-4-11(6-16)13(5-15(14)20(10)3)12-8-18-19(2)9-12/h4-5,8-10,17H,7H2,1-3H3. The second-order valence-electron chi connectivity index (χ2n) is 5.27. The Kier molecular flexibility index (Phi) is 2.87. The van der Waals surface area contributed by atoms with E-state index in [0.29, 0.717) is 11.6 Å². The molecule has 0 spiro atoms.